The molecule has 1 aromatic carbocycles. The number of hydrogen-bond acceptors (Lipinski definition) is 6. The molecule has 0 aromatic heterocycles. The molecule has 7 nitrogen and oxygen atoms in total. The highest BCUT2D eigenvalue weighted by molar-refractivity contribution is 6.46. The molecular formula is C15H20N2O5. The minimum absolute atomic E-state index is 0.122. The minimum atomic E-state index is -1.06. The van der Waals surface area contributed by atoms with Gasteiger partial charge in [0.2, 0.25) is 0 Å². The van der Waals surface area contributed by atoms with Crippen molar-refractivity contribution in [3.05, 3.63) is 29.8 Å². The molecule has 0 heterocycles. The monoisotopic (exact) mass is 308 g/mol. The molecule has 22 heavy (non-hydrogen) atoms. The first-order valence-electron chi connectivity index (χ1n) is 6.85. The average molecular weight is 308 g/mol. The van der Waals surface area contributed by atoms with Crippen molar-refractivity contribution in [3.63, 3.8) is 0 Å². The number of carbonyl (C=O) groups excluding carboxylic acids is 1. The highest BCUT2D eigenvalue weighted by Crippen LogP contribution is 2.14. The average Bonchev–Trinajstić information content (AvgIpc) is 2.52. The lowest BCUT2D eigenvalue weighted by Gasteiger charge is -2.09. The molecule has 0 aliphatic rings. The Morgan fingerprint density at radius 3 is 2.45 bits per heavy atom. The van der Waals surface area contributed by atoms with Gasteiger partial charge in [0.25, 0.3) is 0 Å². The summed E-state index contributed by atoms with van der Waals surface area (Å²) in [7, 11) is 1.38. The van der Waals surface area contributed by atoms with Gasteiger partial charge < -0.3 is 20.4 Å². The van der Waals surface area contributed by atoms with Crippen LogP contribution >= 0.6 is 0 Å². The van der Waals surface area contributed by atoms with E-state index in [0.717, 1.165) is 0 Å². The lowest BCUT2D eigenvalue weighted by molar-refractivity contribution is -0.138. The van der Waals surface area contributed by atoms with Gasteiger partial charge in [0.15, 0.2) is 11.5 Å². The number of rotatable bonds is 9. The van der Waals surface area contributed by atoms with E-state index in [2.05, 4.69) is 5.16 Å². The van der Waals surface area contributed by atoms with Gasteiger partial charge in [0, 0.05) is 18.4 Å². The van der Waals surface area contributed by atoms with Crippen molar-refractivity contribution in [2.45, 2.75) is 25.8 Å². The van der Waals surface area contributed by atoms with Gasteiger partial charge in [-0.3, -0.25) is 9.59 Å². The number of nitrogens with zero attached hydrogens (tertiary/aromatic N) is 1. The standard InChI is InChI=1S/C15H20N2O5/c1-3-13(18)14(17-21-2)10-4-6-11(7-5-10)22-9-8-12(16)15(19)20/h4-7,12H,3,8-9,16H2,1-2H3,(H,19,20)/b17-14-/t12-/m1/s1. The summed E-state index contributed by atoms with van der Waals surface area (Å²) >= 11 is 0. The van der Waals surface area contributed by atoms with E-state index < -0.39 is 12.0 Å². The SMILES string of the molecule is CCC(=O)/C(=N\OC)c1ccc(OCC[C@@H](N)C(=O)O)cc1. The molecule has 0 aliphatic heterocycles. The second kappa shape index (κ2) is 8.78. The molecule has 0 saturated heterocycles. The highest BCUT2D eigenvalue weighted by Gasteiger charge is 2.14. The Hall–Kier alpha value is -2.41. The molecule has 0 radical (unpaired) electrons. The molecule has 0 spiro atoms. The smallest absolute Gasteiger partial charge is 0.320 e. The molecule has 0 aliphatic carbocycles. The van der Waals surface area contributed by atoms with Crippen LogP contribution in [0, 0.1) is 0 Å². The Labute approximate surface area is 128 Å². The maximum absolute atomic E-state index is 11.8. The Morgan fingerprint density at radius 1 is 1.32 bits per heavy atom. The third-order valence-electron chi connectivity index (χ3n) is 2.91. The summed E-state index contributed by atoms with van der Waals surface area (Å²) in [4.78, 5) is 27.1. The normalized spacial score (nSPS) is 12.6. The Bertz CT molecular complexity index is 539. The van der Waals surface area contributed by atoms with Crippen molar-refractivity contribution in [1.29, 1.82) is 0 Å². The van der Waals surface area contributed by atoms with Crippen molar-refractivity contribution >= 4 is 17.5 Å². The highest BCUT2D eigenvalue weighted by atomic mass is 16.6. The summed E-state index contributed by atoms with van der Waals surface area (Å²) in [5.74, 6) is -0.623. The van der Waals surface area contributed by atoms with Gasteiger partial charge in [0.05, 0.1) is 6.61 Å². The Morgan fingerprint density at radius 2 is 1.95 bits per heavy atom. The second-order valence-electron chi connectivity index (χ2n) is 4.51. The second-order valence-corrected chi connectivity index (χ2v) is 4.51. The predicted octanol–water partition coefficient (Wildman–Crippen LogP) is 1.20. The lowest BCUT2D eigenvalue weighted by Crippen LogP contribution is -2.31. The molecule has 0 saturated carbocycles. The maximum Gasteiger partial charge on any atom is 0.320 e. The van der Waals surface area contributed by atoms with Crippen LogP contribution in [-0.2, 0) is 14.4 Å². The molecule has 0 fully saturated rings. The van der Waals surface area contributed by atoms with Gasteiger partial charge in [-0.05, 0) is 24.3 Å². The van der Waals surface area contributed by atoms with Crippen LogP contribution < -0.4 is 10.5 Å². The summed E-state index contributed by atoms with van der Waals surface area (Å²) in [5.41, 5.74) is 6.26. The molecule has 7 heteroatoms. The number of ether oxygens (including phenoxy) is 1. The van der Waals surface area contributed by atoms with Crippen LogP contribution in [0.1, 0.15) is 25.3 Å². The van der Waals surface area contributed by atoms with Gasteiger partial charge in [-0.15, -0.1) is 0 Å². The number of aliphatic carboxylic acids is 1. The first-order chi connectivity index (χ1) is 10.5. The van der Waals surface area contributed by atoms with Crippen LogP contribution in [0.3, 0.4) is 0 Å². The minimum Gasteiger partial charge on any atom is -0.494 e. The van der Waals surface area contributed by atoms with E-state index in [1.54, 1.807) is 31.2 Å². The van der Waals surface area contributed by atoms with E-state index in [-0.39, 0.29) is 24.5 Å². The first-order valence-corrected chi connectivity index (χ1v) is 6.85. The zero-order valence-corrected chi connectivity index (χ0v) is 12.6. The molecule has 1 aromatic rings. The van der Waals surface area contributed by atoms with E-state index in [1.165, 1.54) is 7.11 Å². The summed E-state index contributed by atoms with van der Waals surface area (Å²) in [6.45, 7) is 1.94. The van der Waals surface area contributed by atoms with Gasteiger partial charge in [-0.1, -0.05) is 12.1 Å². The van der Waals surface area contributed by atoms with Crippen LogP contribution in [0.5, 0.6) is 5.75 Å². The number of carboxylic acids is 1. The van der Waals surface area contributed by atoms with Crippen molar-refractivity contribution in [2.24, 2.45) is 10.9 Å². The number of ketones is 1. The molecule has 1 rings (SSSR count). The molecule has 120 valence electrons. The lowest BCUT2D eigenvalue weighted by atomic mass is 10.1. The zero-order chi connectivity index (χ0) is 16.5. The summed E-state index contributed by atoms with van der Waals surface area (Å²) < 4.78 is 5.41. The molecule has 1 atom stereocenters. The zero-order valence-electron chi connectivity index (χ0n) is 12.6. The van der Waals surface area contributed by atoms with Crippen LogP contribution in [0.25, 0.3) is 0 Å². The molecule has 0 unspecified atom stereocenters. The fourth-order valence-corrected chi connectivity index (χ4v) is 1.66. The number of carbonyl (C=O) groups is 2. The quantitative estimate of drug-likeness (QED) is 0.523. The van der Waals surface area contributed by atoms with E-state index >= 15 is 0 Å². The summed E-state index contributed by atoms with van der Waals surface area (Å²) in [5, 5.41) is 12.4. The number of nitrogens with two attached hydrogens (primary N) is 1. The fourth-order valence-electron chi connectivity index (χ4n) is 1.66. The number of Topliss-reactive ketones (excluding diaryl/α,β-unsaturated/α-hetero) is 1. The van der Waals surface area contributed by atoms with Crippen molar-refractivity contribution in [1.82, 2.24) is 0 Å². The van der Waals surface area contributed by atoms with Gasteiger partial charge in [0.1, 0.15) is 18.9 Å². The molecule has 3 N–H and O–H groups in total. The third-order valence-corrected chi connectivity index (χ3v) is 2.91. The van der Waals surface area contributed by atoms with Gasteiger partial charge in [-0.2, -0.15) is 0 Å². The van der Waals surface area contributed by atoms with E-state index in [0.29, 0.717) is 17.7 Å². The van der Waals surface area contributed by atoms with Gasteiger partial charge >= 0.3 is 5.97 Å². The van der Waals surface area contributed by atoms with E-state index in [9.17, 15) is 9.59 Å². The van der Waals surface area contributed by atoms with Crippen molar-refractivity contribution in [3.8, 4) is 5.75 Å². The van der Waals surface area contributed by atoms with E-state index in [4.69, 9.17) is 20.4 Å². The third kappa shape index (κ3) is 5.17. The van der Waals surface area contributed by atoms with Gasteiger partial charge in [-0.25, -0.2) is 0 Å². The topological polar surface area (TPSA) is 111 Å². The Balaban J connectivity index is 2.68. The molecular weight excluding hydrogens is 288 g/mol. The van der Waals surface area contributed by atoms with Crippen LogP contribution in [0.15, 0.2) is 29.4 Å². The molecule has 0 amide bonds. The first kappa shape index (κ1) is 17.6. The summed E-state index contributed by atoms with van der Waals surface area (Å²) in [6.07, 6.45) is 0.537. The Kier molecular flexibility index (Phi) is 7.04. The van der Waals surface area contributed by atoms with Crippen LogP contribution in [0.4, 0.5) is 0 Å². The maximum atomic E-state index is 11.8. The van der Waals surface area contributed by atoms with Crippen LogP contribution in [0.2, 0.25) is 0 Å². The molecule has 0 bridgehead atoms. The predicted molar refractivity (Wildman–Crippen MR) is 81.0 cm³/mol. The van der Waals surface area contributed by atoms with Crippen LogP contribution in [-0.4, -0.2) is 42.3 Å². The largest absolute Gasteiger partial charge is 0.494 e. The van der Waals surface area contributed by atoms with Crippen molar-refractivity contribution < 1.29 is 24.3 Å². The van der Waals surface area contributed by atoms with Crippen molar-refractivity contribution in [2.75, 3.05) is 13.7 Å². The number of benzene rings is 1. The van der Waals surface area contributed by atoms with E-state index in [1.807, 2.05) is 0 Å². The number of hydrogen-bond donors (Lipinski definition) is 2. The number of oxime groups is 1. The number of carboxylic acid groups (broad SMARTS) is 1. The fraction of sp³-hybridized carbons (Fsp3) is 0.400. The summed E-state index contributed by atoms with van der Waals surface area (Å²) in [6, 6.07) is 5.79.